The van der Waals surface area contributed by atoms with Crippen LogP contribution in [0.25, 0.3) is 12.2 Å². The average molecular weight is 316 g/mol. The first-order valence-electron chi connectivity index (χ1n) is 7.49. The molecule has 0 amide bonds. The van der Waals surface area contributed by atoms with Crippen LogP contribution in [0.5, 0.6) is 5.75 Å². The van der Waals surface area contributed by atoms with Gasteiger partial charge in [-0.2, -0.15) is 5.26 Å². The van der Waals surface area contributed by atoms with Crippen molar-refractivity contribution in [1.82, 2.24) is 4.98 Å². The molecule has 1 aromatic carbocycles. The molecule has 4 nitrogen and oxygen atoms in total. The van der Waals surface area contributed by atoms with E-state index in [2.05, 4.69) is 22.9 Å². The maximum atomic E-state index is 9.52. The van der Waals surface area contributed by atoms with Gasteiger partial charge in [0.1, 0.15) is 23.3 Å². The first-order chi connectivity index (χ1) is 11.7. The first kappa shape index (κ1) is 15.5. The average Bonchev–Trinajstić information content (AvgIpc) is 2.81. The molecule has 24 heavy (non-hydrogen) atoms. The zero-order chi connectivity index (χ0) is 16.9. The molecule has 0 spiro atoms. The van der Waals surface area contributed by atoms with Crippen molar-refractivity contribution >= 4 is 12.2 Å². The summed E-state index contributed by atoms with van der Waals surface area (Å²) >= 11 is 0. The normalized spacial score (nSPS) is 12.1. The molecule has 1 aromatic heterocycles. The van der Waals surface area contributed by atoms with Crippen molar-refractivity contribution in [3.8, 4) is 23.7 Å². The summed E-state index contributed by atoms with van der Waals surface area (Å²) in [5, 5.41) is 11.2. The lowest BCUT2D eigenvalue weighted by Gasteiger charge is -1.98. The third-order valence-electron chi connectivity index (χ3n) is 3.75. The highest BCUT2D eigenvalue weighted by Crippen LogP contribution is 2.11. The minimum atomic E-state index is 0.558. The van der Waals surface area contributed by atoms with Gasteiger partial charge in [0.25, 0.3) is 0 Å². The topological polar surface area (TPSA) is 58.0 Å². The smallest absolute Gasteiger partial charge is 0.120 e. The van der Waals surface area contributed by atoms with Crippen molar-refractivity contribution < 1.29 is 9.47 Å². The molecule has 118 valence electrons. The number of ether oxygens (including phenoxy) is 2. The van der Waals surface area contributed by atoms with Crippen LogP contribution in [0.15, 0.2) is 36.1 Å². The van der Waals surface area contributed by atoms with Crippen LogP contribution in [0.2, 0.25) is 0 Å². The Morgan fingerprint density at radius 2 is 2.00 bits per heavy atom. The van der Waals surface area contributed by atoms with Gasteiger partial charge in [-0.1, -0.05) is 18.1 Å². The Hall–Kier alpha value is -3.37. The number of nitrogens with one attached hydrogen (secondary N) is 1. The Bertz CT molecular complexity index is 1020. The highest BCUT2D eigenvalue weighted by atomic mass is 16.5. The van der Waals surface area contributed by atoms with Crippen molar-refractivity contribution in [3.63, 3.8) is 0 Å². The Labute approximate surface area is 140 Å². The second kappa shape index (κ2) is 6.81. The van der Waals surface area contributed by atoms with Crippen LogP contribution in [-0.4, -0.2) is 19.2 Å². The highest BCUT2D eigenvalue weighted by Gasteiger charge is 2.08. The van der Waals surface area contributed by atoms with E-state index in [0.29, 0.717) is 17.7 Å². The van der Waals surface area contributed by atoms with Gasteiger partial charge in [-0.25, -0.2) is 0 Å². The number of methoxy groups -OCH3 is 2. The number of hydrogen-bond donors (Lipinski definition) is 1. The maximum Gasteiger partial charge on any atom is 0.120 e. The minimum absolute atomic E-state index is 0.558. The van der Waals surface area contributed by atoms with Gasteiger partial charge in [-0.3, -0.25) is 0 Å². The van der Waals surface area contributed by atoms with Gasteiger partial charge >= 0.3 is 0 Å². The molecule has 0 radical (unpaired) electrons. The van der Waals surface area contributed by atoms with Crippen LogP contribution in [0.3, 0.4) is 0 Å². The number of benzene rings is 1. The summed E-state index contributed by atoms with van der Waals surface area (Å²) in [6.45, 7) is 0. The Balaban J connectivity index is 2.09. The van der Waals surface area contributed by atoms with E-state index in [4.69, 9.17) is 9.47 Å². The molecular weight excluding hydrogens is 300 g/mol. The Kier molecular flexibility index (Phi) is 4.40. The molecule has 0 saturated carbocycles. The van der Waals surface area contributed by atoms with Crippen molar-refractivity contribution in [3.05, 3.63) is 63.5 Å². The lowest BCUT2D eigenvalue weighted by atomic mass is 10.1. The molecule has 0 aliphatic heterocycles. The number of H-pyrrole nitrogens is 1. The summed E-state index contributed by atoms with van der Waals surface area (Å²) in [6.07, 6.45) is 6.57. The predicted octanol–water partition coefficient (Wildman–Crippen LogP) is 1.79. The molecule has 3 rings (SSSR count). The van der Waals surface area contributed by atoms with E-state index >= 15 is 0 Å². The van der Waals surface area contributed by atoms with Gasteiger partial charge < -0.3 is 14.5 Å². The van der Waals surface area contributed by atoms with Crippen LogP contribution in [-0.2, 0) is 4.74 Å². The van der Waals surface area contributed by atoms with E-state index in [1.165, 1.54) is 0 Å². The van der Waals surface area contributed by atoms with Gasteiger partial charge in [0.15, 0.2) is 0 Å². The second-order valence-corrected chi connectivity index (χ2v) is 5.19. The Morgan fingerprint density at radius 1 is 1.12 bits per heavy atom. The molecule has 2 aromatic rings. The number of hydrogen-bond acceptors (Lipinski definition) is 3. The number of nitriles is 1. The third-order valence-corrected chi connectivity index (χ3v) is 3.75. The minimum Gasteiger partial charge on any atom is -0.497 e. The fourth-order valence-electron chi connectivity index (χ4n) is 2.54. The van der Waals surface area contributed by atoms with Crippen LogP contribution in [0.4, 0.5) is 0 Å². The number of allylic oxidation sites excluding steroid dienone is 2. The second-order valence-electron chi connectivity index (χ2n) is 5.19. The van der Waals surface area contributed by atoms with Crippen LogP contribution in [0.1, 0.15) is 23.2 Å². The van der Waals surface area contributed by atoms with E-state index in [9.17, 15) is 5.26 Å². The molecular formula is C20H16N2O2. The standard InChI is InChI=1S/C20H16N2O2/c1-23-15-6-3-5-14(11-15)9-10-19-18(13-21)17-8-4-7-16(24-2)12-20(17)22-19/h3,5-8,11-12,22H,4H2,1-2H3. The first-order valence-corrected chi connectivity index (χ1v) is 7.49. The zero-order valence-electron chi connectivity index (χ0n) is 13.5. The van der Waals surface area contributed by atoms with Crippen molar-refractivity contribution in [2.75, 3.05) is 14.2 Å². The highest BCUT2D eigenvalue weighted by molar-refractivity contribution is 5.56. The van der Waals surface area contributed by atoms with E-state index in [0.717, 1.165) is 27.6 Å². The summed E-state index contributed by atoms with van der Waals surface area (Å²) in [5.41, 5.74) is 1.99. The molecule has 1 heterocycles. The fraction of sp³-hybridized carbons (Fsp3) is 0.150. The number of rotatable bonds is 2. The summed E-state index contributed by atoms with van der Waals surface area (Å²) < 4.78 is 10.5. The molecule has 0 saturated heterocycles. The summed E-state index contributed by atoms with van der Waals surface area (Å²) in [7, 11) is 3.25. The van der Waals surface area contributed by atoms with E-state index in [1.807, 2.05) is 42.5 Å². The van der Waals surface area contributed by atoms with Crippen molar-refractivity contribution in [2.24, 2.45) is 0 Å². The fourth-order valence-corrected chi connectivity index (χ4v) is 2.54. The van der Waals surface area contributed by atoms with Gasteiger partial charge in [0, 0.05) is 16.9 Å². The van der Waals surface area contributed by atoms with Gasteiger partial charge in [-0.15, -0.1) is 0 Å². The quantitative estimate of drug-likeness (QED) is 0.860. The van der Waals surface area contributed by atoms with Gasteiger partial charge in [0.2, 0.25) is 0 Å². The molecule has 0 bridgehead atoms. The Morgan fingerprint density at radius 3 is 2.75 bits per heavy atom. The van der Waals surface area contributed by atoms with Gasteiger partial charge in [-0.05, 0) is 36.6 Å². The molecule has 4 heteroatoms. The van der Waals surface area contributed by atoms with Gasteiger partial charge in [0.05, 0.1) is 25.1 Å². The SMILES string of the molecule is COC1=CCC=c2c(C#N)c(C#Cc3cccc(OC)c3)[nH]c2=C1. The number of aromatic amines is 1. The number of aromatic nitrogens is 1. The van der Waals surface area contributed by atoms with Crippen molar-refractivity contribution in [2.45, 2.75) is 6.42 Å². The van der Waals surface area contributed by atoms with E-state index in [1.54, 1.807) is 14.2 Å². The summed E-state index contributed by atoms with van der Waals surface area (Å²) in [5.74, 6) is 7.65. The summed E-state index contributed by atoms with van der Waals surface area (Å²) in [6, 6.07) is 9.76. The van der Waals surface area contributed by atoms with Crippen LogP contribution in [0, 0.1) is 23.2 Å². The maximum absolute atomic E-state index is 9.52. The van der Waals surface area contributed by atoms with E-state index < -0.39 is 0 Å². The van der Waals surface area contributed by atoms with E-state index in [-0.39, 0.29) is 0 Å². The third kappa shape index (κ3) is 3.04. The largest absolute Gasteiger partial charge is 0.497 e. The van der Waals surface area contributed by atoms with Crippen LogP contribution < -0.4 is 15.3 Å². The van der Waals surface area contributed by atoms with Crippen LogP contribution >= 0.6 is 0 Å². The number of nitrogens with zero attached hydrogens (tertiary/aromatic N) is 1. The van der Waals surface area contributed by atoms with Crippen molar-refractivity contribution in [1.29, 1.82) is 5.26 Å². The number of fused-ring (bicyclic) bond motifs is 1. The molecule has 1 aliphatic rings. The molecule has 0 unspecified atom stereocenters. The predicted molar refractivity (Wildman–Crippen MR) is 92.4 cm³/mol. The molecule has 0 atom stereocenters. The monoisotopic (exact) mass is 316 g/mol. The zero-order valence-corrected chi connectivity index (χ0v) is 13.5. The lowest BCUT2D eigenvalue weighted by Crippen LogP contribution is -2.23. The molecule has 1 N–H and O–H groups in total. The lowest BCUT2D eigenvalue weighted by molar-refractivity contribution is 0.312. The summed E-state index contributed by atoms with van der Waals surface area (Å²) in [4.78, 5) is 3.22. The molecule has 0 fully saturated rings. The molecule has 1 aliphatic carbocycles.